The number of sulfonamides is 1. The first-order valence-corrected chi connectivity index (χ1v) is 17.4. The molecule has 1 aliphatic rings. The van der Waals surface area contributed by atoms with Crippen molar-refractivity contribution >= 4 is 38.6 Å². The number of carbonyl (C=O) groups excluding carboxylic acids is 3. The molecule has 4 N–H and O–H groups in total. The van der Waals surface area contributed by atoms with Crippen LogP contribution in [0.2, 0.25) is 0 Å². The summed E-state index contributed by atoms with van der Waals surface area (Å²) in [7, 11) is -3.82. The molecule has 3 aromatic carbocycles. The van der Waals surface area contributed by atoms with Crippen LogP contribution in [0, 0.1) is 12.8 Å². The van der Waals surface area contributed by atoms with Crippen LogP contribution in [0.25, 0.3) is 10.9 Å². The third-order valence-electron chi connectivity index (χ3n) is 8.11. The smallest absolute Gasteiger partial charge is 0.270 e. The van der Waals surface area contributed by atoms with Gasteiger partial charge in [0.15, 0.2) is 0 Å². The zero-order chi connectivity index (χ0) is 34.4. The first kappa shape index (κ1) is 34.7. The lowest BCUT2D eigenvalue weighted by molar-refractivity contribution is -0.127. The van der Waals surface area contributed by atoms with Gasteiger partial charge in [0, 0.05) is 18.5 Å². The molecule has 12 heteroatoms. The average molecular weight is 672 g/mol. The monoisotopic (exact) mass is 671 g/mol. The molecule has 48 heavy (non-hydrogen) atoms. The fourth-order valence-electron chi connectivity index (χ4n) is 5.63. The number of benzene rings is 3. The number of carbonyl (C=O) groups is 3. The van der Waals surface area contributed by atoms with Crippen LogP contribution < -0.4 is 16.4 Å². The van der Waals surface area contributed by atoms with Crippen molar-refractivity contribution in [1.29, 1.82) is 0 Å². The maximum Gasteiger partial charge on any atom is 0.270 e. The van der Waals surface area contributed by atoms with Gasteiger partial charge in [-0.05, 0) is 49.1 Å². The maximum atomic E-state index is 13.7. The number of aromatic nitrogens is 1. The van der Waals surface area contributed by atoms with Crippen LogP contribution >= 0.6 is 0 Å². The molecule has 0 saturated carbocycles. The number of rotatable bonds is 15. The van der Waals surface area contributed by atoms with E-state index >= 15 is 0 Å². The van der Waals surface area contributed by atoms with E-state index in [2.05, 4.69) is 15.6 Å². The van der Waals surface area contributed by atoms with Crippen molar-refractivity contribution in [3.8, 4) is 0 Å². The molecule has 1 aromatic heterocycles. The van der Waals surface area contributed by atoms with Gasteiger partial charge < -0.3 is 21.1 Å². The number of nitrogens with one attached hydrogen (secondary N) is 2. The molecular weight excluding hydrogens is 630 g/mol. The van der Waals surface area contributed by atoms with E-state index in [9.17, 15) is 22.8 Å². The van der Waals surface area contributed by atoms with Crippen LogP contribution in [0.1, 0.15) is 41.9 Å². The summed E-state index contributed by atoms with van der Waals surface area (Å²) in [6.45, 7) is 6.17. The molecule has 0 spiro atoms. The minimum absolute atomic E-state index is 0.0532. The fourth-order valence-corrected chi connectivity index (χ4v) is 7.25. The molecule has 3 amide bonds. The van der Waals surface area contributed by atoms with Crippen LogP contribution in [-0.2, 0) is 30.8 Å². The molecule has 0 bridgehead atoms. The molecule has 4 atom stereocenters. The van der Waals surface area contributed by atoms with E-state index < -0.39 is 58.5 Å². The van der Waals surface area contributed by atoms with E-state index in [0.717, 1.165) is 16.5 Å². The van der Waals surface area contributed by atoms with E-state index in [-0.39, 0.29) is 29.6 Å². The standard InChI is InChI=1S/C36H41N5O6S/c1-23(2)21-41(48(45,46)27-16-13-24(3)14-17-27)22-32-34(47-32)30(19-25-9-5-4-6-10-25)39-36(44)31(20-33(37)42)40-35(43)29-18-15-26-11-7-8-12-28(26)38-29/h4-18,23,30-32,34H,19-22H2,1-3H3,(H2,37,42)(H,39,44)(H,40,43)/t30-,31?,32-,34+/m0/s1. The molecule has 4 aromatic rings. The van der Waals surface area contributed by atoms with Crippen LogP contribution in [0.15, 0.2) is 95.9 Å². The minimum Gasteiger partial charge on any atom is -0.370 e. The largest absolute Gasteiger partial charge is 0.370 e. The summed E-state index contributed by atoms with van der Waals surface area (Å²) in [6.07, 6.45) is -1.09. The first-order chi connectivity index (χ1) is 22.9. The van der Waals surface area contributed by atoms with E-state index in [0.29, 0.717) is 11.9 Å². The van der Waals surface area contributed by atoms with Gasteiger partial charge in [-0.25, -0.2) is 13.4 Å². The summed E-state index contributed by atoms with van der Waals surface area (Å²) in [5, 5.41) is 6.44. The number of nitrogens with zero attached hydrogens (tertiary/aromatic N) is 2. The summed E-state index contributed by atoms with van der Waals surface area (Å²) < 4.78 is 34.9. The van der Waals surface area contributed by atoms with Crippen molar-refractivity contribution in [2.75, 3.05) is 13.1 Å². The number of hydrogen-bond acceptors (Lipinski definition) is 7. The van der Waals surface area contributed by atoms with Gasteiger partial charge in [-0.2, -0.15) is 4.31 Å². The number of para-hydroxylation sites is 1. The summed E-state index contributed by atoms with van der Waals surface area (Å²) >= 11 is 0. The highest BCUT2D eigenvalue weighted by Crippen LogP contribution is 2.31. The Morgan fingerprint density at radius 2 is 1.60 bits per heavy atom. The van der Waals surface area contributed by atoms with Gasteiger partial charge in [0.05, 0.1) is 22.9 Å². The number of nitrogens with two attached hydrogens (primary N) is 1. The number of epoxide rings is 1. The Morgan fingerprint density at radius 1 is 0.917 bits per heavy atom. The molecule has 252 valence electrons. The van der Waals surface area contributed by atoms with Gasteiger partial charge in [0.2, 0.25) is 21.8 Å². The topological polar surface area (TPSA) is 164 Å². The number of hydrogen-bond donors (Lipinski definition) is 3. The lowest BCUT2D eigenvalue weighted by atomic mass is 10.0. The minimum atomic E-state index is -3.82. The van der Waals surface area contributed by atoms with Crippen molar-refractivity contribution in [3.63, 3.8) is 0 Å². The second-order valence-corrected chi connectivity index (χ2v) is 14.5. The summed E-state index contributed by atoms with van der Waals surface area (Å²) in [6, 6.07) is 24.9. The van der Waals surface area contributed by atoms with Crippen LogP contribution in [0.3, 0.4) is 0 Å². The third kappa shape index (κ3) is 8.82. The lowest BCUT2D eigenvalue weighted by Crippen LogP contribution is -2.53. The number of fused-ring (bicyclic) bond motifs is 1. The van der Waals surface area contributed by atoms with Gasteiger partial charge in [0.1, 0.15) is 23.9 Å². The second kappa shape index (κ2) is 15.1. The molecule has 0 aliphatic carbocycles. The van der Waals surface area contributed by atoms with Crippen molar-refractivity contribution < 1.29 is 27.5 Å². The Labute approximate surface area is 280 Å². The number of pyridine rings is 1. The van der Waals surface area contributed by atoms with Gasteiger partial charge in [0.25, 0.3) is 5.91 Å². The van der Waals surface area contributed by atoms with Crippen molar-refractivity contribution in [2.45, 2.75) is 62.8 Å². The fraction of sp³-hybridized carbons (Fsp3) is 0.333. The second-order valence-electron chi connectivity index (χ2n) is 12.6. The lowest BCUT2D eigenvalue weighted by Gasteiger charge is -2.24. The molecule has 1 fully saturated rings. The predicted molar refractivity (Wildman–Crippen MR) is 182 cm³/mol. The third-order valence-corrected chi connectivity index (χ3v) is 9.96. The quantitative estimate of drug-likeness (QED) is 0.163. The van der Waals surface area contributed by atoms with Gasteiger partial charge >= 0.3 is 0 Å². The predicted octanol–water partition coefficient (Wildman–Crippen LogP) is 3.36. The Bertz CT molecular complexity index is 1870. The molecular formula is C36H41N5O6S. The van der Waals surface area contributed by atoms with E-state index in [1.807, 2.05) is 63.2 Å². The first-order valence-electron chi connectivity index (χ1n) is 15.9. The van der Waals surface area contributed by atoms with E-state index in [1.165, 1.54) is 4.31 Å². The average Bonchev–Trinajstić information content (AvgIpc) is 3.83. The van der Waals surface area contributed by atoms with Crippen LogP contribution in [0.4, 0.5) is 0 Å². The highest BCUT2D eigenvalue weighted by molar-refractivity contribution is 7.89. The van der Waals surface area contributed by atoms with Crippen molar-refractivity contribution in [1.82, 2.24) is 19.9 Å². The normalized spacial score (nSPS) is 17.2. The maximum absolute atomic E-state index is 13.7. The molecule has 2 heterocycles. The number of amides is 3. The highest BCUT2D eigenvalue weighted by Gasteiger charge is 2.48. The Hall–Kier alpha value is -4.65. The number of aryl methyl sites for hydroxylation is 1. The summed E-state index contributed by atoms with van der Waals surface area (Å²) in [5.74, 6) is -1.97. The van der Waals surface area contributed by atoms with E-state index in [1.54, 1.807) is 48.5 Å². The van der Waals surface area contributed by atoms with Crippen LogP contribution in [-0.4, -0.2) is 72.8 Å². The summed E-state index contributed by atoms with van der Waals surface area (Å²) in [5.41, 5.74) is 8.05. The zero-order valence-corrected chi connectivity index (χ0v) is 28.0. The molecule has 1 saturated heterocycles. The number of ether oxygens (including phenoxy) is 1. The Kier molecular flexibility index (Phi) is 10.9. The van der Waals surface area contributed by atoms with Gasteiger partial charge in [-0.15, -0.1) is 0 Å². The van der Waals surface area contributed by atoms with Gasteiger partial charge in [-0.1, -0.05) is 86.1 Å². The van der Waals surface area contributed by atoms with E-state index in [4.69, 9.17) is 10.5 Å². The summed E-state index contributed by atoms with van der Waals surface area (Å²) in [4.78, 5) is 43.5. The SMILES string of the molecule is Cc1ccc(S(=O)(=O)N(CC(C)C)C[C@@H]2O[C@@H]2[C@H](Cc2ccccc2)NC(=O)C(CC(N)=O)NC(=O)c2ccc3ccccc3n2)cc1. The number of primary amides is 1. The molecule has 11 nitrogen and oxygen atoms in total. The van der Waals surface area contributed by atoms with Gasteiger partial charge in [-0.3, -0.25) is 14.4 Å². The molecule has 1 unspecified atom stereocenters. The Morgan fingerprint density at radius 3 is 2.29 bits per heavy atom. The van der Waals surface area contributed by atoms with Crippen LogP contribution in [0.5, 0.6) is 0 Å². The van der Waals surface area contributed by atoms with Crippen molar-refractivity contribution in [2.24, 2.45) is 11.7 Å². The highest BCUT2D eigenvalue weighted by atomic mass is 32.2. The molecule has 1 aliphatic heterocycles. The zero-order valence-electron chi connectivity index (χ0n) is 27.2. The molecule has 5 rings (SSSR count). The van der Waals surface area contributed by atoms with Crippen molar-refractivity contribution in [3.05, 3.63) is 108 Å². The molecule has 0 radical (unpaired) electrons. The Balaban J connectivity index is 1.34.